The van der Waals surface area contributed by atoms with Crippen molar-refractivity contribution in [2.45, 2.75) is 52.4 Å². The highest BCUT2D eigenvalue weighted by Gasteiger charge is 2.32. The Morgan fingerprint density at radius 3 is 2.52 bits per heavy atom. The van der Waals surface area contributed by atoms with Gasteiger partial charge in [0.25, 0.3) is 5.89 Å². The highest BCUT2D eigenvalue weighted by molar-refractivity contribution is 5.51. The van der Waals surface area contributed by atoms with Gasteiger partial charge in [-0.3, -0.25) is 5.10 Å². The third-order valence-electron chi connectivity index (χ3n) is 4.59. The van der Waals surface area contributed by atoms with Gasteiger partial charge in [0.2, 0.25) is 0 Å². The largest absolute Gasteiger partial charge is 0.382 e. The van der Waals surface area contributed by atoms with Gasteiger partial charge in [-0.2, -0.15) is 10.1 Å². The van der Waals surface area contributed by atoms with E-state index >= 15 is 0 Å². The molecule has 6 heteroatoms. The van der Waals surface area contributed by atoms with Crippen LogP contribution < -0.4 is 5.73 Å². The molecule has 1 aliphatic carbocycles. The Kier molecular flexibility index (Phi) is 3.47. The SMILES string of the molecule is CC(C)(C)C1CCC(c2noc(-c3cc(N)n[nH]3)n2)CC1. The van der Waals surface area contributed by atoms with Crippen LogP contribution in [-0.2, 0) is 0 Å². The maximum Gasteiger partial charge on any atom is 0.276 e. The Morgan fingerprint density at radius 1 is 1.24 bits per heavy atom. The van der Waals surface area contributed by atoms with Crippen LogP contribution >= 0.6 is 0 Å². The predicted octanol–water partition coefficient (Wildman–Crippen LogP) is 3.36. The van der Waals surface area contributed by atoms with Crippen molar-refractivity contribution in [1.29, 1.82) is 0 Å². The fourth-order valence-corrected chi connectivity index (χ4v) is 3.17. The second-order valence-electron chi connectivity index (χ2n) is 7.08. The van der Waals surface area contributed by atoms with Gasteiger partial charge in [-0.1, -0.05) is 25.9 Å². The van der Waals surface area contributed by atoms with Gasteiger partial charge in [0, 0.05) is 12.0 Å². The van der Waals surface area contributed by atoms with Crippen molar-refractivity contribution in [2.75, 3.05) is 5.73 Å². The van der Waals surface area contributed by atoms with E-state index in [9.17, 15) is 0 Å². The van der Waals surface area contributed by atoms with E-state index in [-0.39, 0.29) is 0 Å². The first-order chi connectivity index (χ1) is 9.93. The maximum absolute atomic E-state index is 5.59. The molecule has 0 saturated heterocycles. The second-order valence-corrected chi connectivity index (χ2v) is 7.08. The number of anilines is 1. The molecule has 6 nitrogen and oxygen atoms in total. The standard InChI is InChI=1S/C15H23N5O/c1-15(2,3)10-6-4-9(5-7-10)13-17-14(21-20-13)11-8-12(16)19-18-11/h8-10H,4-7H2,1-3H3,(H3,16,18,19). The van der Waals surface area contributed by atoms with Gasteiger partial charge >= 0.3 is 0 Å². The average Bonchev–Trinajstić information content (AvgIpc) is 3.06. The molecular formula is C15H23N5O. The summed E-state index contributed by atoms with van der Waals surface area (Å²) in [5, 5.41) is 10.8. The smallest absolute Gasteiger partial charge is 0.276 e. The fraction of sp³-hybridized carbons (Fsp3) is 0.667. The zero-order chi connectivity index (χ0) is 15.0. The number of nitrogens with one attached hydrogen (secondary N) is 1. The van der Waals surface area contributed by atoms with Crippen LogP contribution in [0, 0.1) is 11.3 Å². The minimum absolute atomic E-state index is 0.390. The summed E-state index contributed by atoms with van der Waals surface area (Å²) in [6.45, 7) is 6.98. The number of nitrogen functional groups attached to an aromatic ring is 1. The molecule has 0 aromatic carbocycles. The molecular weight excluding hydrogens is 266 g/mol. The van der Waals surface area contributed by atoms with Gasteiger partial charge in [-0.25, -0.2) is 0 Å². The van der Waals surface area contributed by atoms with Crippen molar-refractivity contribution in [3.05, 3.63) is 11.9 Å². The van der Waals surface area contributed by atoms with Crippen LogP contribution in [0.3, 0.4) is 0 Å². The first-order valence-electron chi connectivity index (χ1n) is 7.58. The number of nitrogens with two attached hydrogens (primary N) is 1. The molecule has 114 valence electrons. The summed E-state index contributed by atoms with van der Waals surface area (Å²) in [7, 11) is 0. The molecule has 0 unspecified atom stereocenters. The molecule has 1 saturated carbocycles. The fourth-order valence-electron chi connectivity index (χ4n) is 3.17. The number of aromatic nitrogens is 4. The lowest BCUT2D eigenvalue weighted by atomic mass is 9.70. The number of nitrogens with zero attached hydrogens (tertiary/aromatic N) is 3. The molecule has 0 aliphatic heterocycles. The summed E-state index contributed by atoms with van der Waals surface area (Å²) in [6.07, 6.45) is 4.72. The van der Waals surface area contributed by atoms with Crippen LogP contribution in [0.15, 0.2) is 10.6 Å². The van der Waals surface area contributed by atoms with Gasteiger partial charge in [0.1, 0.15) is 11.5 Å². The predicted molar refractivity (Wildman–Crippen MR) is 80.4 cm³/mol. The normalized spacial score (nSPS) is 23.4. The number of hydrogen-bond donors (Lipinski definition) is 2. The van der Waals surface area contributed by atoms with Crippen LogP contribution in [0.25, 0.3) is 11.6 Å². The van der Waals surface area contributed by atoms with Crippen molar-refractivity contribution < 1.29 is 4.52 Å². The zero-order valence-electron chi connectivity index (χ0n) is 12.9. The van der Waals surface area contributed by atoms with E-state index in [0.29, 0.717) is 28.7 Å². The molecule has 21 heavy (non-hydrogen) atoms. The summed E-state index contributed by atoms with van der Waals surface area (Å²) in [6, 6.07) is 1.70. The summed E-state index contributed by atoms with van der Waals surface area (Å²) in [5.41, 5.74) is 6.65. The molecule has 1 aliphatic rings. The molecule has 0 spiro atoms. The van der Waals surface area contributed by atoms with E-state index in [0.717, 1.165) is 24.6 Å². The molecule has 1 fully saturated rings. The van der Waals surface area contributed by atoms with Crippen molar-refractivity contribution in [3.8, 4) is 11.6 Å². The monoisotopic (exact) mass is 289 g/mol. The van der Waals surface area contributed by atoms with Crippen LogP contribution in [0.2, 0.25) is 0 Å². The third kappa shape index (κ3) is 2.94. The van der Waals surface area contributed by atoms with E-state index in [1.165, 1.54) is 12.8 Å². The molecule has 0 bridgehead atoms. The zero-order valence-corrected chi connectivity index (χ0v) is 12.9. The molecule has 2 aromatic rings. The van der Waals surface area contributed by atoms with Crippen molar-refractivity contribution >= 4 is 5.82 Å². The minimum atomic E-state index is 0.390. The van der Waals surface area contributed by atoms with Crippen LogP contribution in [0.1, 0.15) is 58.2 Å². The van der Waals surface area contributed by atoms with Gasteiger partial charge in [-0.15, -0.1) is 0 Å². The van der Waals surface area contributed by atoms with E-state index in [1.807, 2.05) is 0 Å². The van der Waals surface area contributed by atoms with Crippen molar-refractivity contribution in [2.24, 2.45) is 11.3 Å². The highest BCUT2D eigenvalue weighted by Crippen LogP contribution is 2.42. The molecule has 3 N–H and O–H groups in total. The maximum atomic E-state index is 5.59. The number of hydrogen-bond acceptors (Lipinski definition) is 5. The van der Waals surface area contributed by atoms with Gasteiger partial charge in [0.05, 0.1) is 0 Å². The van der Waals surface area contributed by atoms with Crippen LogP contribution in [-0.4, -0.2) is 20.3 Å². The van der Waals surface area contributed by atoms with Crippen LogP contribution in [0.4, 0.5) is 5.82 Å². The Bertz CT molecular complexity index is 602. The molecule has 3 rings (SSSR count). The van der Waals surface area contributed by atoms with Gasteiger partial charge < -0.3 is 10.3 Å². The molecule has 0 radical (unpaired) electrons. The Morgan fingerprint density at radius 2 is 1.95 bits per heavy atom. The quantitative estimate of drug-likeness (QED) is 0.884. The number of H-pyrrole nitrogens is 1. The second kappa shape index (κ2) is 5.16. The third-order valence-corrected chi connectivity index (χ3v) is 4.59. The Balaban J connectivity index is 1.68. The molecule has 2 aromatic heterocycles. The number of rotatable bonds is 2. The van der Waals surface area contributed by atoms with E-state index in [1.54, 1.807) is 6.07 Å². The van der Waals surface area contributed by atoms with Gasteiger partial charge in [-0.05, 0) is 37.0 Å². The highest BCUT2D eigenvalue weighted by atomic mass is 16.5. The lowest BCUT2D eigenvalue weighted by molar-refractivity contribution is 0.166. The first-order valence-corrected chi connectivity index (χ1v) is 7.58. The van der Waals surface area contributed by atoms with Gasteiger partial charge in [0.15, 0.2) is 5.82 Å². The van der Waals surface area contributed by atoms with E-state index in [4.69, 9.17) is 10.3 Å². The molecule has 0 amide bonds. The van der Waals surface area contributed by atoms with Crippen molar-refractivity contribution in [1.82, 2.24) is 20.3 Å². The molecule has 0 atom stereocenters. The summed E-state index contributed by atoms with van der Waals surface area (Å²) in [5.74, 6) is 2.89. The average molecular weight is 289 g/mol. The van der Waals surface area contributed by atoms with Crippen molar-refractivity contribution in [3.63, 3.8) is 0 Å². The van der Waals surface area contributed by atoms with E-state index in [2.05, 4.69) is 41.1 Å². The minimum Gasteiger partial charge on any atom is -0.382 e. The summed E-state index contributed by atoms with van der Waals surface area (Å²) in [4.78, 5) is 4.50. The summed E-state index contributed by atoms with van der Waals surface area (Å²) >= 11 is 0. The Hall–Kier alpha value is -1.85. The molecule has 2 heterocycles. The summed E-state index contributed by atoms with van der Waals surface area (Å²) < 4.78 is 5.32. The van der Waals surface area contributed by atoms with E-state index < -0.39 is 0 Å². The van der Waals surface area contributed by atoms with Crippen LogP contribution in [0.5, 0.6) is 0 Å². The Labute approximate surface area is 124 Å². The lowest BCUT2D eigenvalue weighted by Crippen LogP contribution is -2.25. The first kappa shape index (κ1) is 14.1. The lowest BCUT2D eigenvalue weighted by Gasteiger charge is -2.36. The topological polar surface area (TPSA) is 93.6 Å². The number of aromatic amines is 1.